The molecular weight excluding hydrogens is 229 g/mol. The minimum atomic E-state index is -0.238. The summed E-state index contributed by atoms with van der Waals surface area (Å²) in [6, 6.07) is 6.38. The Hall–Kier alpha value is -1.09. The van der Waals surface area contributed by atoms with Crippen molar-refractivity contribution in [2.75, 3.05) is 5.88 Å². The lowest BCUT2D eigenvalue weighted by Crippen LogP contribution is -2.39. The van der Waals surface area contributed by atoms with E-state index < -0.39 is 0 Å². The van der Waals surface area contributed by atoms with E-state index in [0.29, 0.717) is 0 Å². The van der Waals surface area contributed by atoms with Crippen LogP contribution in [-0.4, -0.2) is 17.3 Å². The number of hydrogen-bond donors (Lipinski definition) is 1. The number of amides is 1. The van der Waals surface area contributed by atoms with E-state index >= 15 is 0 Å². The SMILES string of the molecule is O=C(CCl)NC1(Cc2ccc(F)cc2)CC1. The molecule has 1 saturated carbocycles. The maximum atomic E-state index is 12.7. The summed E-state index contributed by atoms with van der Waals surface area (Å²) < 4.78 is 12.7. The molecule has 1 aromatic rings. The van der Waals surface area contributed by atoms with Crippen LogP contribution in [-0.2, 0) is 11.2 Å². The Kier molecular flexibility index (Phi) is 3.15. The molecular formula is C12H13ClFNO. The minimum absolute atomic E-state index is 0.00876. The molecule has 0 unspecified atom stereocenters. The molecule has 0 radical (unpaired) electrons. The van der Waals surface area contributed by atoms with Crippen molar-refractivity contribution in [1.29, 1.82) is 0 Å². The third kappa shape index (κ3) is 2.73. The van der Waals surface area contributed by atoms with Gasteiger partial charge in [0, 0.05) is 5.54 Å². The molecule has 0 atom stereocenters. The standard InChI is InChI=1S/C12H13ClFNO/c13-8-11(16)15-12(5-6-12)7-9-1-3-10(14)4-2-9/h1-4H,5-8H2,(H,15,16). The number of carbonyl (C=O) groups excluding carboxylic acids is 1. The predicted molar refractivity (Wildman–Crippen MR) is 60.9 cm³/mol. The summed E-state index contributed by atoms with van der Waals surface area (Å²) >= 11 is 5.45. The molecule has 86 valence electrons. The topological polar surface area (TPSA) is 29.1 Å². The third-order valence-corrected chi connectivity index (χ3v) is 3.08. The molecule has 1 aliphatic carbocycles. The molecule has 0 heterocycles. The van der Waals surface area contributed by atoms with Crippen LogP contribution < -0.4 is 5.32 Å². The molecule has 4 heteroatoms. The van der Waals surface area contributed by atoms with E-state index in [4.69, 9.17) is 11.6 Å². The minimum Gasteiger partial charge on any atom is -0.349 e. The third-order valence-electron chi connectivity index (χ3n) is 2.84. The highest BCUT2D eigenvalue weighted by Gasteiger charge is 2.43. The number of rotatable bonds is 4. The average molecular weight is 242 g/mol. The molecule has 2 rings (SSSR count). The molecule has 16 heavy (non-hydrogen) atoms. The largest absolute Gasteiger partial charge is 0.349 e. The molecule has 0 spiro atoms. The fraction of sp³-hybridized carbons (Fsp3) is 0.417. The lowest BCUT2D eigenvalue weighted by atomic mass is 10.0. The highest BCUT2D eigenvalue weighted by atomic mass is 35.5. The van der Waals surface area contributed by atoms with Crippen molar-refractivity contribution < 1.29 is 9.18 Å². The fourth-order valence-electron chi connectivity index (χ4n) is 1.82. The molecule has 0 bridgehead atoms. The normalized spacial score (nSPS) is 16.9. The summed E-state index contributed by atoms with van der Waals surface area (Å²) in [7, 11) is 0. The van der Waals surface area contributed by atoms with Crippen LogP contribution in [0.15, 0.2) is 24.3 Å². The first kappa shape index (κ1) is 11.4. The van der Waals surface area contributed by atoms with Crippen LogP contribution in [0.25, 0.3) is 0 Å². The van der Waals surface area contributed by atoms with Crippen LogP contribution >= 0.6 is 11.6 Å². The Balaban J connectivity index is 1.99. The number of nitrogens with one attached hydrogen (secondary N) is 1. The van der Waals surface area contributed by atoms with E-state index in [0.717, 1.165) is 24.8 Å². The van der Waals surface area contributed by atoms with Crippen LogP contribution in [0.2, 0.25) is 0 Å². The van der Waals surface area contributed by atoms with Crippen LogP contribution in [0.5, 0.6) is 0 Å². The van der Waals surface area contributed by atoms with Crippen molar-refractivity contribution in [1.82, 2.24) is 5.32 Å². The second-order valence-corrected chi connectivity index (χ2v) is 4.53. The zero-order valence-corrected chi connectivity index (χ0v) is 9.56. The second kappa shape index (κ2) is 4.42. The maximum Gasteiger partial charge on any atom is 0.235 e. The van der Waals surface area contributed by atoms with Crippen molar-refractivity contribution in [3.63, 3.8) is 0 Å². The van der Waals surface area contributed by atoms with E-state index in [-0.39, 0.29) is 23.1 Å². The van der Waals surface area contributed by atoms with Gasteiger partial charge in [-0.25, -0.2) is 4.39 Å². The highest BCUT2D eigenvalue weighted by molar-refractivity contribution is 6.27. The molecule has 0 aromatic heterocycles. The van der Waals surface area contributed by atoms with Crippen molar-refractivity contribution in [2.24, 2.45) is 0 Å². The highest BCUT2D eigenvalue weighted by Crippen LogP contribution is 2.38. The van der Waals surface area contributed by atoms with Gasteiger partial charge in [-0.1, -0.05) is 12.1 Å². The Labute approximate surface area is 98.8 Å². The monoisotopic (exact) mass is 241 g/mol. The van der Waals surface area contributed by atoms with E-state index in [2.05, 4.69) is 5.32 Å². The summed E-state index contributed by atoms with van der Waals surface area (Å²) in [5.74, 6) is -0.384. The molecule has 1 N–H and O–H groups in total. The Morgan fingerprint density at radius 3 is 2.50 bits per heavy atom. The lowest BCUT2D eigenvalue weighted by molar-refractivity contribution is -0.119. The van der Waals surface area contributed by atoms with Gasteiger partial charge in [0.15, 0.2) is 0 Å². The second-order valence-electron chi connectivity index (χ2n) is 4.27. The molecule has 2 nitrogen and oxygen atoms in total. The predicted octanol–water partition coefficient (Wildman–Crippen LogP) is 2.26. The van der Waals surface area contributed by atoms with Gasteiger partial charge in [-0.05, 0) is 37.0 Å². The number of hydrogen-bond acceptors (Lipinski definition) is 1. The summed E-state index contributed by atoms with van der Waals surface area (Å²) in [4.78, 5) is 11.2. The molecule has 1 amide bonds. The average Bonchev–Trinajstić information content (AvgIpc) is 3.01. The first-order valence-corrected chi connectivity index (χ1v) is 5.78. The fourth-order valence-corrected chi connectivity index (χ4v) is 1.89. The van der Waals surface area contributed by atoms with Crippen LogP contribution in [0.4, 0.5) is 4.39 Å². The number of carbonyl (C=O) groups is 1. The van der Waals surface area contributed by atoms with Crippen LogP contribution in [0.1, 0.15) is 18.4 Å². The van der Waals surface area contributed by atoms with Crippen molar-refractivity contribution in [3.05, 3.63) is 35.6 Å². The number of alkyl halides is 1. The van der Waals surface area contributed by atoms with Crippen LogP contribution in [0, 0.1) is 5.82 Å². The van der Waals surface area contributed by atoms with Gasteiger partial charge in [-0.3, -0.25) is 4.79 Å². The number of halogens is 2. The van der Waals surface area contributed by atoms with Gasteiger partial charge in [-0.15, -0.1) is 11.6 Å². The Morgan fingerprint density at radius 1 is 1.38 bits per heavy atom. The summed E-state index contributed by atoms with van der Waals surface area (Å²) in [5.41, 5.74) is 0.901. The first-order valence-electron chi connectivity index (χ1n) is 5.25. The van der Waals surface area contributed by atoms with E-state index in [1.807, 2.05) is 0 Å². The zero-order valence-electron chi connectivity index (χ0n) is 8.80. The van der Waals surface area contributed by atoms with Gasteiger partial charge in [0.05, 0.1) is 0 Å². The summed E-state index contributed by atoms with van der Waals surface area (Å²) in [6.07, 6.45) is 2.68. The van der Waals surface area contributed by atoms with Gasteiger partial charge in [-0.2, -0.15) is 0 Å². The molecule has 1 fully saturated rings. The van der Waals surface area contributed by atoms with Crippen molar-refractivity contribution in [3.8, 4) is 0 Å². The number of benzene rings is 1. The molecule has 0 saturated heterocycles. The van der Waals surface area contributed by atoms with Gasteiger partial charge in [0.25, 0.3) is 0 Å². The Morgan fingerprint density at radius 2 is 2.00 bits per heavy atom. The Bertz CT molecular complexity index is 387. The van der Waals surface area contributed by atoms with E-state index in [9.17, 15) is 9.18 Å². The zero-order chi connectivity index (χ0) is 11.6. The lowest BCUT2D eigenvalue weighted by Gasteiger charge is -2.16. The van der Waals surface area contributed by atoms with Gasteiger partial charge >= 0.3 is 0 Å². The van der Waals surface area contributed by atoms with Crippen molar-refractivity contribution >= 4 is 17.5 Å². The maximum absolute atomic E-state index is 12.7. The molecule has 1 aromatic carbocycles. The van der Waals surface area contributed by atoms with Crippen molar-refractivity contribution in [2.45, 2.75) is 24.8 Å². The van der Waals surface area contributed by atoms with Gasteiger partial charge < -0.3 is 5.32 Å². The van der Waals surface area contributed by atoms with Gasteiger partial charge in [0.2, 0.25) is 5.91 Å². The quantitative estimate of drug-likeness (QED) is 0.805. The van der Waals surface area contributed by atoms with E-state index in [1.165, 1.54) is 12.1 Å². The molecule has 0 aliphatic heterocycles. The molecule has 1 aliphatic rings. The first-order chi connectivity index (χ1) is 7.63. The summed E-state index contributed by atoms with van der Waals surface area (Å²) in [6.45, 7) is 0. The van der Waals surface area contributed by atoms with Crippen LogP contribution in [0.3, 0.4) is 0 Å². The van der Waals surface area contributed by atoms with Gasteiger partial charge in [0.1, 0.15) is 11.7 Å². The summed E-state index contributed by atoms with van der Waals surface area (Å²) in [5, 5.41) is 2.92. The smallest absolute Gasteiger partial charge is 0.235 e. The van der Waals surface area contributed by atoms with E-state index in [1.54, 1.807) is 12.1 Å².